The largest absolute Gasteiger partial charge is 0.465 e. The van der Waals surface area contributed by atoms with Crippen LogP contribution in [0.1, 0.15) is 23.0 Å². The summed E-state index contributed by atoms with van der Waals surface area (Å²) in [6, 6.07) is 10.00. The molecule has 0 unspecified atom stereocenters. The van der Waals surface area contributed by atoms with Gasteiger partial charge in [0.25, 0.3) is 0 Å². The van der Waals surface area contributed by atoms with Gasteiger partial charge in [-0.1, -0.05) is 18.2 Å². The molecule has 142 valence electrons. The van der Waals surface area contributed by atoms with E-state index in [2.05, 4.69) is 0 Å². The second-order valence-corrected chi connectivity index (χ2v) is 5.99. The van der Waals surface area contributed by atoms with Gasteiger partial charge >= 0.3 is 11.9 Å². The second kappa shape index (κ2) is 7.87. The second-order valence-electron chi connectivity index (χ2n) is 5.99. The molecule has 0 saturated carbocycles. The Hall–Kier alpha value is -3.74. The van der Waals surface area contributed by atoms with Gasteiger partial charge in [0.05, 0.1) is 12.7 Å². The molecule has 1 aromatic carbocycles. The molecular weight excluding hydrogens is 364 g/mol. The molecule has 1 aliphatic rings. The molecule has 2 aromatic rings. The topological polar surface area (TPSA) is 99.9 Å². The Balaban J connectivity index is 1.81. The normalized spacial score (nSPS) is 16.6. The van der Waals surface area contributed by atoms with Crippen molar-refractivity contribution in [3.63, 3.8) is 0 Å². The van der Waals surface area contributed by atoms with Crippen molar-refractivity contribution in [3.8, 4) is 11.3 Å². The molecule has 0 bridgehead atoms. The van der Waals surface area contributed by atoms with Crippen LogP contribution in [-0.4, -0.2) is 30.6 Å². The summed E-state index contributed by atoms with van der Waals surface area (Å²) in [4.78, 5) is 47.8. The third-order valence-corrected chi connectivity index (χ3v) is 4.05. The summed E-state index contributed by atoms with van der Waals surface area (Å²) >= 11 is 0. The van der Waals surface area contributed by atoms with E-state index in [1.165, 1.54) is 20.1 Å². The first-order valence-corrected chi connectivity index (χ1v) is 8.34. The summed E-state index contributed by atoms with van der Waals surface area (Å²) in [6.45, 7) is 1.46. The standard InChI is InChI=1S/C21H16O7/c1-12-11-17(23)19(21(25)27-12)16(22)9-7-13-8-10-18(28-13)14-5-3-4-6-15(14)20(24)26-2/h3-11,19H,1-2H3/b9-7+/t19-/m0/s1. The highest BCUT2D eigenvalue weighted by Crippen LogP contribution is 2.27. The smallest absolute Gasteiger partial charge is 0.338 e. The summed E-state index contributed by atoms with van der Waals surface area (Å²) in [5, 5.41) is 0. The fourth-order valence-electron chi connectivity index (χ4n) is 2.74. The number of benzene rings is 1. The fourth-order valence-corrected chi connectivity index (χ4v) is 2.74. The molecular formula is C21H16O7. The Morgan fingerprint density at radius 3 is 2.57 bits per heavy atom. The van der Waals surface area contributed by atoms with E-state index in [0.717, 1.165) is 12.2 Å². The molecule has 0 radical (unpaired) electrons. The molecule has 0 N–H and O–H groups in total. The first-order valence-electron chi connectivity index (χ1n) is 8.34. The van der Waals surface area contributed by atoms with E-state index in [9.17, 15) is 19.2 Å². The van der Waals surface area contributed by atoms with Gasteiger partial charge in [-0.2, -0.15) is 0 Å². The predicted octanol–water partition coefficient (Wildman–Crippen LogP) is 2.96. The molecule has 3 rings (SSSR count). The van der Waals surface area contributed by atoms with Gasteiger partial charge in [-0.15, -0.1) is 0 Å². The molecule has 0 fully saturated rings. The van der Waals surface area contributed by atoms with Crippen molar-refractivity contribution in [2.75, 3.05) is 7.11 Å². The van der Waals surface area contributed by atoms with Crippen molar-refractivity contribution in [2.24, 2.45) is 5.92 Å². The number of carbonyl (C=O) groups excluding carboxylic acids is 4. The highest BCUT2D eigenvalue weighted by atomic mass is 16.5. The lowest BCUT2D eigenvalue weighted by Gasteiger charge is -2.15. The Morgan fingerprint density at radius 1 is 1.11 bits per heavy atom. The Labute approximate surface area is 160 Å². The van der Waals surface area contributed by atoms with E-state index in [0.29, 0.717) is 22.6 Å². The molecule has 7 nitrogen and oxygen atoms in total. The van der Waals surface area contributed by atoms with Crippen LogP contribution >= 0.6 is 0 Å². The number of methoxy groups -OCH3 is 1. The maximum absolute atomic E-state index is 12.2. The van der Waals surface area contributed by atoms with Gasteiger partial charge in [0.15, 0.2) is 17.5 Å². The fraction of sp³-hybridized carbons (Fsp3) is 0.143. The van der Waals surface area contributed by atoms with Crippen molar-refractivity contribution in [3.05, 3.63) is 65.6 Å². The summed E-state index contributed by atoms with van der Waals surface area (Å²) in [5.41, 5.74) is 0.871. The molecule has 1 aromatic heterocycles. The van der Waals surface area contributed by atoms with Crippen LogP contribution in [0, 0.1) is 5.92 Å². The third-order valence-electron chi connectivity index (χ3n) is 4.05. The number of ketones is 2. The molecule has 2 heterocycles. The summed E-state index contributed by atoms with van der Waals surface area (Å²) in [6.07, 6.45) is 3.55. The monoisotopic (exact) mass is 380 g/mol. The Morgan fingerprint density at radius 2 is 1.86 bits per heavy atom. The highest BCUT2D eigenvalue weighted by molar-refractivity contribution is 6.25. The summed E-state index contributed by atoms with van der Waals surface area (Å²) in [5.74, 6) is -3.35. The lowest BCUT2D eigenvalue weighted by atomic mass is 9.96. The number of cyclic esters (lactones) is 1. The Kier molecular flexibility index (Phi) is 5.35. The van der Waals surface area contributed by atoms with Crippen LogP contribution in [-0.2, 0) is 23.9 Å². The van der Waals surface area contributed by atoms with Crippen molar-refractivity contribution >= 4 is 29.6 Å². The number of rotatable bonds is 5. The molecule has 0 amide bonds. The lowest BCUT2D eigenvalue weighted by molar-refractivity contribution is -0.151. The maximum atomic E-state index is 12.2. The van der Waals surface area contributed by atoms with Gasteiger partial charge in [-0.25, -0.2) is 4.79 Å². The van der Waals surface area contributed by atoms with E-state index in [4.69, 9.17) is 13.9 Å². The quantitative estimate of drug-likeness (QED) is 0.447. The van der Waals surface area contributed by atoms with Crippen LogP contribution in [0.15, 0.2) is 58.7 Å². The number of hydrogen-bond acceptors (Lipinski definition) is 7. The zero-order valence-corrected chi connectivity index (χ0v) is 15.1. The molecule has 0 spiro atoms. The molecule has 28 heavy (non-hydrogen) atoms. The SMILES string of the molecule is COC(=O)c1ccccc1-c1ccc(/C=C/C(=O)[C@H]2C(=O)C=C(C)OC2=O)o1. The molecule has 7 heteroatoms. The van der Waals surface area contributed by atoms with Crippen LogP contribution in [0.25, 0.3) is 17.4 Å². The highest BCUT2D eigenvalue weighted by Gasteiger charge is 2.36. The minimum atomic E-state index is -1.51. The molecule has 1 aliphatic heterocycles. The first-order chi connectivity index (χ1) is 13.4. The molecule has 0 aliphatic carbocycles. The average molecular weight is 380 g/mol. The van der Waals surface area contributed by atoms with E-state index < -0.39 is 29.4 Å². The maximum Gasteiger partial charge on any atom is 0.338 e. The summed E-state index contributed by atoms with van der Waals surface area (Å²) in [7, 11) is 1.29. The number of esters is 2. The average Bonchev–Trinajstić information content (AvgIpc) is 3.14. The lowest BCUT2D eigenvalue weighted by Crippen LogP contribution is -2.34. The van der Waals surface area contributed by atoms with E-state index in [1.807, 2.05) is 0 Å². The third kappa shape index (κ3) is 3.83. The number of allylic oxidation sites excluding steroid dienone is 3. The number of hydrogen-bond donors (Lipinski definition) is 0. The van der Waals surface area contributed by atoms with Crippen LogP contribution in [0.5, 0.6) is 0 Å². The van der Waals surface area contributed by atoms with Gasteiger partial charge in [-0.3, -0.25) is 14.4 Å². The summed E-state index contributed by atoms with van der Waals surface area (Å²) < 4.78 is 15.2. The van der Waals surface area contributed by atoms with Gasteiger partial charge in [0, 0.05) is 11.6 Å². The van der Waals surface area contributed by atoms with E-state index in [-0.39, 0.29) is 5.76 Å². The van der Waals surface area contributed by atoms with Crippen LogP contribution in [0.2, 0.25) is 0 Å². The Bertz CT molecular complexity index is 1020. The minimum absolute atomic E-state index is 0.156. The number of ether oxygens (including phenoxy) is 2. The number of furan rings is 1. The number of carbonyl (C=O) groups is 4. The van der Waals surface area contributed by atoms with Crippen LogP contribution in [0.3, 0.4) is 0 Å². The first kappa shape index (κ1) is 19.0. The van der Waals surface area contributed by atoms with Crippen molar-refractivity contribution < 1.29 is 33.1 Å². The van der Waals surface area contributed by atoms with Crippen molar-refractivity contribution in [1.82, 2.24) is 0 Å². The van der Waals surface area contributed by atoms with Crippen LogP contribution in [0.4, 0.5) is 0 Å². The van der Waals surface area contributed by atoms with Crippen molar-refractivity contribution in [1.29, 1.82) is 0 Å². The van der Waals surface area contributed by atoms with Gasteiger partial charge in [0.2, 0.25) is 0 Å². The van der Waals surface area contributed by atoms with Crippen molar-refractivity contribution in [2.45, 2.75) is 6.92 Å². The molecule has 1 atom stereocenters. The predicted molar refractivity (Wildman–Crippen MR) is 97.9 cm³/mol. The van der Waals surface area contributed by atoms with E-state index >= 15 is 0 Å². The van der Waals surface area contributed by atoms with Gasteiger partial charge in [0.1, 0.15) is 17.3 Å². The van der Waals surface area contributed by atoms with Gasteiger partial charge in [-0.05, 0) is 37.3 Å². The zero-order chi connectivity index (χ0) is 20.3. The zero-order valence-electron chi connectivity index (χ0n) is 15.1. The van der Waals surface area contributed by atoms with E-state index in [1.54, 1.807) is 36.4 Å². The van der Waals surface area contributed by atoms with Crippen LogP contribution < -0.4 is 0 Å². The minimum Gasteiger partial charge on any atom is -0.465 e. The van der Waals surface area contributed by atoms with Gasteiger partial charge < -0.3 is 13.9 Å². The molecule has 0 saturated heterocycles.